The lowest BCUT2D eigenvalue weighted by molar-refractivity contribution is 0.573. The minimum absolute atomic E-state index is 0.109. The lowest BCUT2D eigenvalue weighted by Crippen LogP contribution is -2.26. The molecular formula is C12H19N5O2S2. The number of aromatic amines is 1. The average molecular weight is 329 g/mol. The summed E-state index contributed by atoms with van der Waals surface area (Å²) in [4.78, 5) is 4.23. The molecule has 0 amide bonds. The van der Waals surface area contributed by atoms with Gasteiger partial charge in [-0.3, -0.25) is 5.10 Å². The summed E-state index contributed by atoms with van der Waals surface area (Å²) in [6.07, 6.45) is 2.52. The molecule has 2 aromatic heterocycles. The summed E-state index contributed by atoms with van der Waals surface area (Å²) in [5.41, 5.74) is 1.34. The van der Waals surface area contributed by atoms with Crippen molar-refractivity contribution >= 4 is 21.4 Å². The van der Waals surface area contributed by atoms with E-state index in [1.807, 2.05) is 12.3 Å². The molecule has 0 atom stereocenters. The molecule has 2 aromatic rings. The quantitative estimate of drug-likeness (QED) is 0.631. The van der Waals surface area contributed by atoms with Crippen LogP contribution in [0.15, 0.2) is 16.6 Å². The van der Waals surface area contributed by atoms with Gasteiger partial charge in [-0.1, -0.05) is 6.92 Å². The number of nitrogens with one attached hydrogen (secondary N) is 3. The average Bonchev–Trinajstić information content (AvgIpc) is 3.06. The molecule has 7 nitrogen and oxygen atoms in total. The lowest BCUT2D eigenvalue weighted by Gasteiger charge is -2.06. The molecule has 0 radical (unpaired) electrons. The van der Waals surface area contributed by atoms with Gasteiger partial charge in [-0.2, -0.15) is 5.10 Å². The van der Waals surface area contributed by atoms with Crippen LogP contribution in [0.3, 0.4) is 0 Å². The second-order valence-electron chi connectivity index (χ2n) is 4.58. The molecule has 2 heterocycles. The van der Waals surface area contributed by atoms with Crippen molar-refractivity contribution in [1.82, 2.24) is 25.2 Å². The molecule has 0 aromatic carbocycles. The van der Waals surface area contributed by atoms with Crippen LogP contribution in [0, 0.1) is 6.92 Å². The van der Waals surface area contributed by atoms with Crippen LogP contribution in [-0.4, -0.2) is 30.1 Å². The largest absolute Gasteiger partial charge is 0.313 e. The molecule has 0 saturated heterocycles. The topological polar surface area (TPSA) is 99.8 Å². The first-order chi connectivity index (χ1) is 10.0. The van der Waals surface area contributed by atoms with Crippen molar-refractivity contribution in [1.29, 1.82) is 0 Å². The number of aryl methyl sites for hydroxylation is 1. The van der Waals surface area contributed by atoms with Gasteiger partial charge in [0, 0.05) is 17.5 Å². The van der Waals surface area contributed by atoms with E-state index in [0.717, 1.165) is 18.0 Å². The molecule has 0 fully saturated rings. The molecule has 3 N–H and O–H groups in total. The Morgan fingerprint density at radius 3 is 2.86 bits per heavy atom. The molecule has 21 heavy (non-hydrogen) atoms. The molecule has 0 aliphatic heterocycles. The summed E-state index contributed by atoms with van der Waals surface area (Å²) in [7, 11) is -3.62. The zero-order valence-corrected chi connectivity index (χ0v) is 13.6. The number of hydrogen-bond acceptors (Lipinski definition) is 6. The zero-order chi connectivity index (χ0) is 15.3. The summed E-state index contributed by atoms with van der Waals surface area (Å²) in [5, 5.41) is 12.4. The van der Waals surface area contributed by atoms with Gasteiger partial charge in [-0.05, 0) is 19.9 Å². The highest BCUT2D eigenvalue weighted by Gasteiger charge is 2.20. The summed E-state index contributed by atoms with van der Waals surface area (Å²) >= 11 is 1.49. The fourth-order valence-electron chi connectivity index (χ4n) is 1.79. The fourth-order valence-corrected chi connectivity index (χ4v) is 3.53. The maximum absolute atomic E-state index is 12.3. The minimum Gasteiger partial charge on any atom is -0.313 e. The smallest absolute Gasteiger partial charge is 0.258 e. The standard InChI is InChI=1S/C12H19N5O2S2/c1-3-4-13-5-10-6-14-17-12(10)21(18,19)15-7-11-8-20-9(2)16-11/h6,8,13,15H,3-5,7H2,1-2H3,(H,14,17). The number of aromatic nitrogens is 3. The molecule has 0 bridgehead atoms. The van der Waals surface area contributed by atoms with E-state index in [9.17, 15) is 8.42 Å². The maximum atomic E-state index is 12.3. The summed E-state index contributed by atoms with van der Waals surface area (Å²) < 4.78 is 27.1. The molecule has 116 valence electrons. The van der Waals surface area contributed by atoms with E-state index in [-0.39, 0.29) is 11.6 Å². The predicted octanol–water partition coefficient (Wildman–Crippen LogP) is 1.15. The Balaban J connectivity index is 2.03. The number of thiazole rings is 1. The van der Waals surface area contributed by atoms with Crippen molar-refractivity contribution in [2.24, 2.45) is 0 Å². The molecule has 0 saturated carbocycles. The second kappa shape index (κ2) is 7.12. The number of rotatable bonds is 8. The van der Waals surface area contributed by atoms with Gasteiger partial charge in [0.1, 0.15) is 0 Å². The van der Waals surface area contributed by atoms with Crippen molar-refractivity contribution < 1.29 is 8.42 Å². The van der Waals surface area contributed by atoms with Crippen molar-refractivity contribution in [2.45, 2.75) is 38.4 Å². The third-order valence-corrected chi connectivity index (χ3v) is 5.04. The van der Waals surface area contributed by atoms with Gasteiger partial charge in [0.25, 0.3) is 10.0 Å². The van der Waals surface area contributed by atoms with Crippen molar-refractivity contribution in [3.63, 3.8) is 0 Å². The molecule has 0 aliphatic rings. The highest BCUT2D eigenvalue weighted by atomic mass is 32.2. The van der Waals surface area contributed by atoms with E-state index >= 15 is 0 Å². The van der Waals surface area contributed by atoms with Crippen LogP contribution in [-0.2, 0) is 23.1 Å². The summed E-state index contributed by atoms with van der Waals surface area (Å²) in [6, 6.07) is 0. The second-order valence-corrected chi connectivity index (χ2v) is 7.35. The minimum atomic E-state index is -3.62. The van der Waals surface area contributed by atoms with Crippen LogP contribution in [0.1, 0.15) is 29.6 Å². The van der Waals surface area contributed by atoms with E-state index < -0.39 is 10.0 Å². The Kier molecular flexibility index (Phi) is 5.45. The van der Waals surface area contributed by atoms with Gasteiger partial charge in [0.05, 0.1) is 23.4 Å². The molecule has 9 heteroatoms. The van der Waals surface area contributed by atoms with Gasteiger partial charge in [-0.25, -0.2) is 18.1 Å². The van der Waals surface area contributed by atoms with Gasteiger partial charge < -0.3 is 5.32 Å². The van der Waals surface area contributed by atoms with Gasteiger partial charge in [-0.15, -0.1) is 11.3 Å². The molecule has 0 unspecified atom stereocenters. The maximum Gasteiger partial charge on any atom is 0.258 e. The highest BCUT2D eigenvalue weighted by molar-refractivity contribution is 7.89. The van der Waals surface area contributed by atoms with E-state index in [2.05, 4.69) is 32.1 Å². The van der Waals surface area contributed by atoms with E-state index in [1.165, 1.54) is 17.5 Å². The van der Waals surface area contributed by atoms with Crippen LogP contribution in [0.5, 0.6) is 0 Å². The third-order valence-electron chi connectivity index (χ3n) is 2.80. The fraction of sp³-hybridized carbons (Fsp3) is 0.500. The van der Waals surface area contributed by atoms with E-state index in [1.54, 1.807) is 0 Å². The van der Waals surface area contributed by atoms with Crippen LogP contribution in [0.25, 0.3) is 0 Å². The molecule has 0 aliphatic carbocycles. The summed E-state index contributed by atoms with van der Waals surface area (Å²) in [5.74, 6) is 0. The van der Waals surface area contributed by atoms with E-state index in [4.69, 9.17) is 0 Å². The van der Waals surface area contributed by atoms with Gasteiger partial charge >= 0.3 is 0 Å². The van der Waals surface area contributed by atoms with Crippen molar-refractivity contribution in [3.8, 4) is 0 Å². The summed E-state index contributed by atoms with van der Waals surface area (Å²) in [6.45, 7) is 5.41. The van der Waals surface area contributed by atoms with Gasteiger partial charge in [0.15, 0.2) is 5.03 Å². The Hall–Kier alpha value is -1.29. The predicted molar refractivity (Wildman–Crippen MR) is 81.5 cm³/mol. The molecule has 2 rings (SSSR count). The number of sulfonamides is 1. The Labute approximate surface area is 128 Å². The first kappa shape index (κ1) is 16.1. The normalized spacial score (nSPS) is 11.9. The van der Waals surface area contributed by atoms with Crippen LogP contribution in [0.4, 0.5) is 0 Å². The Morgan fingerprint density at radius 1 is 1.38 bits per heavy atom. The number of hydrogen-bond donors (Lipinski definition) is 3. The monoisotopic (exact) mass is 329 g/mol. The van der Waals surface area contributed by atoms with Crippen molar-refractivity contribution in [3.05, 3.63) is 27.8 Å². The van der Waals surface area contributed by atoms with E-state index in [0.29, 0.717) is 17.8 Å². The SMILES string of the molecule is CCCNCc1cn[nH]c1S(=O)(=O)NCc1csc(C)n1. The van der Waals surface area contributed by atoms with Gasteiger partial charge in [0.2, 0.25) is 0 Å². The highest BCUT2D eigenvalue weighted by Crippen LogP contribution is 2.13. The third kappa shape index (κ3) is 4.34. The Morgan fingerprint density at radius 2 is 2.19 bits per heavy atom. The first-order valence-corrected chi connectivity index (χ1v) is 9.03. The molecular weight excluding hydrogens is 310 g/mol. The number of nitrogens with zero attached hydrogens (tertiary/aromatic N) is 2. The Bertz CT molecular complexity index is 677. The number of H-pyrrole nitrogens is 1. The molecule has 0 spiro atoms. The lowest BCUT2D eigenvalue weighted by atomic mass is 10.3. The van der Waals surface area contributed by atoms with Crippen LogP contribution >= 0.6 is 11.3 Å². The van der Waals surface area contributed by atoms with Crippen LogP contribution in [0.2, 0.25) is 0 Å². The zero-order valence-electron chi connectivity index (χ0n) is 12.0. The van der Waals surface area contributed by atoms with Crippen LogP contribution < -0.4 is 10.0 Å². The van der Waals surface area contributed by atoms with Crippen molar-refractivity contribution in [2.75, 3.05) is 6.54 Å². The first-order valence-electron chi connectivity index (χ1n) is 6.66.